The Labute approximate surface area is 129 Å². The molecule has 1 aliphatic heterocycles. The van der Waals surface area contributed by atoms with E-state index in [4.69, 9.17) is 4.74 Å². The first-order valence-electron chi connectivity index (χ1n) is 7.34. The third kappa shape index (κ3) is 2.90. The highest BCUT2D eigenvalue weighted by Gasteiger charge is 2.26. The monoisotopic (exact) mass is 298 g/mol. The second kappa shape index (κ2) is 6.51. The summed E-state index contributed by atoms with van der Waals surface area (Å²) in [6.07, 6.45) is 8.92. The summed E-state index contributed by atoms with van der Waals surface area (Å²) in [7, 11) is 1.36. The summed E-state index contributed by atoms with van der Waals surface area (Å²) in [4.78, 5) is 26.5. The molecule has 114 valence electrons. The van der Waals surface area contributed by atoms with Gasteiger partial charge in [0.1, 0.15) is 0 Å². The van der Waals surface area contributed by atoms with Gasteiger partial charge in [-0.05, 0) is 30.5 Å². The van der Waals surface area contributed by atoms with Crippen molar-refractivity contribution >= 4 is 11.8 Å². The minimum absolute atomic E-state index is 0.278. The normalized spacial score (nSPS) is 18.0. The minimum Gasteiger partial charge on any atom is -0.464 e. The number of esters is 1. The van der Waals surface area contributed by atoms with Crippen LogP contribution >= 0.6 is 0 Å². The van der Waals surface area contributed by atoms with E-state index in [1.54, 1.807) is 6.20 Å². The lowest BCUT2D eigenvalue weighted by Gasteiger charge is -2.34. The first kappa shape index (κ1) is 14.4. The van der Waals surface area contributed by atoms with E-state index in [-0.39, 0.29) is 5.69 Å². The summed E-state index contributed by atoms with van der Waals surface area (Å²) in [5.74, 6) is 0.562. The van der Waals surface area contributed by atoms with Crippen molar-refractivity contribution in [1.82, 2.24) is 15.0 Å². The Hall–Kier alpha value is -2.50. The SMILES string of the molecule is COC(=O)c1nccnc1N1CCCC(c2ccncc2)C1. The number of anilines is 1. The van der Waals surface area contributed by atoms with E-state index in [0.29, 0.717) is 11.7 Å². The summed E-state index contributed by atoms with van der Waals surface area (Å²) in [5.41, 5.74) is 1.54. The van der Waals surface area contributed by atoms with Crippen LogP contribution in [-0.2, 0) is 4.74 Å². The van der Waals surface area contributed by atoms with Crippen LogP contribution in [0.25, 0.3) is 0 Å². The molecule has 1 unspecified atom stereocenters. The number of pyridine rings is 1. The van der Waals surface area contributed by atoms with Crippen LogP contribution in [0.4, 0.5) is 5.82 Å². The van der Waals surface area contributed by atoms with Crippen LogP contribution in [0.15, 0.2) is 36.9 Å². The molecular weight excluding hydrogens is 280 g/mol. The van der Waals surface area contributed by atoms with Crippen molar-refractivity contribution < 1.29 is 9.53 Å². The molecule has 0 bridgehead atoms. The molecule has 0 N–H and O–H groups in total. The van der Waals surface area contributed by atoms with Crippen LogP contribution in [0, 0.1) is 0 Å². The first-order chi connectivity index (χ1) is 10.8. The van der Waals surface area contributed by atoms with Gasteiger partial charge in [0.05, 0.1) is 7.11 Å². The number of ether oxygens (including phenoxy) is 1. The number of piperidine rings is 1. The van der Waals surface area contributed by atoms with Gasteiger partial charge < -0.3 is 9.64 Å². The summed E-state index contributed by atoms with van der Waals surface area (Å²) in [5, 5.41) is 0. The highest BCUT2D eigenvalue weighted by atomic mass is 16.5. The highest BCUT2D eigenvalue weighted by molar-refractivity contribution is 5.92. The number of nitrogens with zero attached hydrogens (tertiary/aromatic N) is 4. The topological polar surface area (TPSA) is 68.2 Å². The molecular formula is C16H18N4O2. The molecule has 1 fully saturated rings. The predicted octanol–water partition coefficient (Wildman–Crippen LogP) is 2.04. The molecule has 6 nitrogen and oxygen atoms in total. The maximum absolute atomic E-state index is 11.9. The fourth-order valence-electron chi connectivity index (χ4n) is 2.88. The average Bonchev–Trinajstić information content (AvgIpc) is 2.62. The predicted molar refractivity (Wildman–Crippen MR) is 81.8 cm³/mol. The molecule has 0 saturated carbocycles. The van der Waals surface area contributed by atoms with Gasteiger partial charge in [-0.1, -0.05) is 0 Å². The van der Waals surface area contributed by atoms with E-state index < -0.39 is 5.97 Å². The second-order valence-electron chi connectivity index (χ2n) is 5.29. The zero-order valence-corrected chi connectivity index (χ0v) is 12.5. The molecule has 6 heteroatoms. The molecule has 0 aromatic carbocycles. The van der Waals surface area contributed by atoms with Crippen molar-refractivity contribution in [2.75, 3.05) is 25.1 Å². The van der Waals surface area contributed by atoms with Gasteiger partial charge in [-0.3, -0.25) is 4.98 Å². The zero-order valence-electron chi connectivity index (χ0n) is 12.5. The van der Waals surface area contributed by atoms with E-state index >= 15 is 0 Å². The van der Waals surface area contributed by atoms with Gasteiger partial charge in [-0.2, -0.15) is 0 Å². The fourth-order valence-corrected chi connectivity index (χ4v) is 2.88. The number of rotatable bonds is 3. The Bertz CT molecular complexity index is 648. The smallest absolute Gasteiger partial charge is 0.360 e. The fraction of sp³-hybridized carbons (Fsp3) is 0.375. The third-order valence-corrected chi connectivity index (χ3v) is 3.96. The molecule has 22 heavy (non-hydrogen) atoms. The van der Waals surface area contributed by atoms with Gasteiger partial charge in [-0.15, -0.1) is 0 Å². The summed E-state index contributed by atoms with van der Waals surface area (Å²) in [6, 6.07) is 4.10. The summed E-state index contributed by atoms with van der Waals surface area (Å²) in [6.45, 7) is 1.68. The lowest BCUT2D eigenvalue weighted by Crippen LogP contribution is -2.36. The van der Waals surface area contributed by atoms with E-state index in [1.165, 1.54) is 18.9 Å². The molecule has 0 spiro atoms. The van der Waals surface area contributed by atoms with Gasteiger partial charge in [0.25, 0.3) is 0 Å². The Morgan fingerprint density at radius 3 is 2.77 bits per heavy atom. The molecule has 0 radical (unpaired) electrons. The molecule has 3 rings (SSSR count). The molecule has 0 aliphatic carbocycles. The van der Waals surface area contributed by atoms with E-state index in [9.17, 15) is 4.79 Å². The first-order valence-corrected chi connectivity index (χ1v) is 7.34. The number of hydrogen-bond acceptors (Lipinski definition) is 6. The van der Waals surface area contributed by atoms with Gasteiger partial charge in [0.2, 0.25) is 0 Å². The van der Waals surface area contributed by atoms with Crippen LogP contribution in [0.5, 0.6) is 0 Å². The van der Waals surface area contributed by atoms with Crippen LogP contribution in [0.1, 0.15) is 34.8 Å². The van der Waals surface area contributed by atoms with Gasteiger partial charge in [-0.25, -0.2) is 14.8 Å². The van der Waals surface area contributed by atoms with Crippen LogP contribution < -0.4 is 4.90 Å². The number of carbonyl (C=O) groups excluding carboxylic acids is 1. The van der Waals surface area contributed by atoms with Crippen LogP contribution in [0.3, 0.4) is 0 Å². The molecule has 2 aromatic rings. The molecule has 1 atom stereocenters. The van der Waals surface area contributed by atoms with E-state index in [2.05, 4.69) is 19.9 Å². The van der Waals surface area contributed by atoms with Crippen molar-refractivity contribution in [3.05, 3.63) is 48.2 Å². The maximum Gasteiger partial charge on any atom is 0.360 e. The van der Waals surface area contributed by atoms with E-state index in [0.717, 1.165) is 25.9 Å². The molecule has 3 heterocycles. The lowest BCUT2D eigenvalue weighted by molar-refractivity contribution is 0.0594. The maximum atomic E-state index is 11.9. The summed E-state index contributed by atoms with van der Waals surface area (Å²) < 4.78 is 4.80. The number of hydrogen-bond donors (Lipinski definition) is 0. The number of carbonyl (C=O) groups is 1. The van der Waals surface area contributed by atoms with Crippen molar-refractivity contribution in [3.8, 4) is 0 Å². The Morgan fingerprint density at radius 1 is 1.23 bits per heavy atom. The molecule has 2 aromatic heterocycles. The third-order valence-electron chi connectivity index (χ3n) is 3.96. The highest BCUT2D eigenvalue weighted by Crippen LogP contribution is 2.29. The molecule has 1 saturated heterocycles. The van der Waals surface area contributed by atoms with E-state index in [1.807, 2.05) is 24.5 Å². The average molecular weight is 298 g/mol. The van der Waals surface area contributed by atoms with Crippen molar-refractivity contribution in [2.24, 2.45) is 0 Å². The van der Waals surface area contributed by atoms with Crippen molar-refractivity contribution in [2.45, 2.75) is 18.8 Å². The second-order valence-corrected chi connectivity index (χ2v) is 5.29. The van der Waals surface area contributed by atoms with Crippen molar-refractivity contribution in [3.63, 3.8) is 0 Å². The molecule has 0 amide bonds. The molecule has 1 aliphatic rings. The number of aromatic nitrogens is 3. The van der Waals surface area contributed by atoms with Crippen molar-refractivity contribution in [1.29, 1.82) is 0 Å². The Kier molecular flexibility index (Phi) is 4.27. The van der Waals surface area contributed by atoms with Gasteiger partial charge in [0.15, 0.2) is 11.5 Å². The van der Waals surface area contributed by atoms with Gasteiger partial charge in [0, 0.05) is 43.8 Å². The largest absolute Gasteiger partial charge is 0.464 e. The number of methoxy groups -OCH3 is 1. The lowest BCUT2D eigenvalue weighted by atomic mass is 9.91. The quantitative estimate of drug-likeness (QED) is 0.808. The standard InChI is InChI=1S/C16H18N4O2/c1-22-16(21)14-15(19-9-8-18-14)20-10-2-3-13(11-20)12-4-6-17-7-5-12/h4-9,13H,2-3,10-11H2,1H3. The Balaban J connectivity index is 1.85. The minimum atomic E-state index is -0.450. The van der Waals surface area contributed by atoms with Crippen LogP contribution in [-0.4, -0.2) is 41.1 Å². The van der Waals surface area contributed by atoms with Crippen LogP contribution in [0.2, 0.25) is 0 Å². The van der Waals surface area contributed by atoms with Gasteiger partial charge >= 0.3 is 5.97 Å². The Morgan fingerprint density at radius 2 is 2.00 bits per heavy atom. The zero-order chi connectivity index (χ0) is 15.4. The summed E-state index contributed by atoms with van der Waals surface area (Å²) >= 11 is 0.